The Morgan fingerprint density at radius 1 is 1.13 bits per heavy atom. The van der Waals surface area contributed by atoms with E-state index >= 15 is 0 Å². The van der Waals surface area contributed by atoms with E-state index in [0.29, 0.717) is 34.2 Å². The molecule has 45 heavy (non-hydrogen) atoms. The first kappa shape index (κ1) is 34.7. The molecule has 1 heterocycles. The largest absolute Gasteiger partial charge is 0.478 e. The minimum atomic E-state index is -1.04. The lowest BCUT2D eigenvalue weighted by Gasteiger charge is -2.33. The van der Waals surface area contributed by atoms with E-state index in [4.69, 9.17) is 17.5 Å². The first-order chi connectivity index (χ1) is 21.2. The van der Waals surface area contributed by atoms with Crippen molar-refractivity contribution in [3.05, 3.63) is 114 Å². The van der Waals surface area contributed by atoms with Crippen molar-refractivity contribution in [1.82, 2.24) is 19.8 Å². The molecule has 4 aromatic rings. The summed E-state index contributed by atoms with van der Waals surface area (Å²) in [7, 11) is 0. The average molecular weight is 649 g/mol. The fourth-order valence-electron chi connectivity index (χ4n) is 4.71. The molecular formula is C33H34ClFN6O3S. The number of rotatable bonds is 12. The average Bonchev–Trinajstić information content (AvgIpc) is 3.47. The molecule has 0 aliphatic rings. The third-order valence-corrected chi connectivity index (χ3v) is 7.70. The van der Waals surface area contributed by atoms with Crippen molar-refractivity contribution in [2.75, 3.05) is 11.9 Å². The number of halogens is 2. The first-order valence-corrected chi connectivity index (χ1v) is 14.5. The van der Waals surface area contributed by atoms with Crippen LogP contribution in [0.4, 0.5) is 10.1 Å². The van der Waals surface area contributed by atoms with Gasteiger partial charge in [-0.05, 0) is 78.3 Å². The van der Waals surface area contributed by atoms with Gasteiger partial charge in [0.05, 0.1) is 35.6 Å². The number of carboxylic acid groups (broad SMARTS) is 1. The van der Waals surface area contributed by atoms with Gasteiger partial charge in [0, 0.05) is 36.7 Å². The highest BCUT2D eigenvalue weighted by molar-refractivity contribution is 7.80. The lowest BCUT2D eigenvalue weighted by molar-refractivity contribution is -0.121. The minimum absolute atomic E-state index is 0. The molecule has 234 valence electrons. The lowest BCUT2D eigenvalue weighted by atomic mass is 9.98. The second-order valence-electron chi connectivity index (χ2n) is 10.5. The summed E-state index contributed by atoms with van der Waals surface area (Å²) in [5.74, 6) is -1.60. The van der Waals surface area contributed by atoms with E-state index < -0.39 is 11.8 Å². The Morgan fingerprint density at radius 2 is 1.87 bits per heavy atom. The van der Waals surface area contributed by atoms with E-state index in [1.165, 1.54) is 18.2 Å². The Balaban J connectivity index is 0.00000552. The van der Waals surface area contributed by atoms with Crippen molar-refractivity contribution in [3.8, 4) is 11.8 Å². The number of carboxylic acids is 1. The molecule has 0 aliphatic heterocycles. The molecule has 0 fully saturated rings. The third-order valence-electron chi connectivity index (χ3n) is 7.34. The van der Waals surface area contributed by atoms with E-state index in [-0.39, 0.29) is 48.8 Å². The van der Waals surface area contributed by atoms with Gasteiger partial charge in [-0.25, -0.2) is 14.2 Å². The molecule has 9 nitrogen and oxygen atoms in total. The van der Waals surface area contributed by atoms with E-state index in [2.05, 4.69) is 21.7 Å². The van der Waals surface area contributed by atoms with Gasteiger partial charge in [0.15, 0.2) is 5.11 Å². The van der Waals surface area contributed by atoms with Crippen LogP contribution in [-0.2, 0) is 17.8 Å². The van der Waals surface area contributed by atoms with Gasteiger partial charge in [0.25, 0.3) is 0 Å². The number of aromatic carboxylic acids is 1. The van der Waals surface area contributed by atoms with Gasteiger partial charge in [-0.3, -0.25) is 4.79 Å². The number of hydrogen-bond donors (Lipinski definition) is 3. The summed E-state index contributed by atoms with van der Waals surface area (Å²) in [5, 5.41) is 25.2. The number of benzene rings is 3. The molecule has 4 rings (SSSR count). The smallest absolute Gasteiger partial charge is 0.335 e. The normalized spacial score (nSPS) is 11.8. The maximum atomic E-state index is 13.9. The number of nitrogens with one attached hydrogen (secondary N) is 2. The van der Waals surface area contributed by atoms with Gasteiger partial charge >= 0.3 is 5.97 Å². The fourth-order valence-corrected chi connectivity index (χ4v) is 4.96. The highest BCUT2D eigenvalue weighted by Gasteiger charge is 2.24. The second-order valence-corrected chi connectivity index (χ2v) is 10.9. The van der Waals surface area contributed by atoms with E-state index in [1.807, 2.05) is 24.8 Å². The van der Waals surface area contributed by atoms with Gasteiger partial charge in [-0.15, -0.1) is 12.4 Å². The summed E-state index contributed by atoms with van der Waals surface area (Å²) in [5.41, 5.74) is 3.34. The zero-order valence-corrected chi connectivity index (χ0v) is 26.4. The number of carbonyl (C=O) groups is 2. The summed E-state index contributed by atoms with van der Waals surface area (Å²) < 4.78 is 15.7. The number of nitriles is 1. The van der Waals surface area contributed by atoms with Crippen molar-refractivity contribution in [2.45, 2.75) is 39.3 Å². The van der Waals surface area contributed by atoms with Crippen LogP contribution in [-0.4, -0.2) is 49.1 Å². The van der Waals surface area contributed by atoms with Gasteiger partial charge in [0.1, 0.15) is 5.82 Å². The van der Waals surface area contributed by atoms with Crippen molar-refractivity contribution >= 4 is 47.3 Å². The van der Waals surface area contributed by atoms with Crippen LogP contribution >= 0.6 is 24.6 Å². The Labute approximate surface area is 273 Å². The number of imidazole rings is 1. The van der Waals surface area contributed by atoms with Crippen LogP contribution in [0, 0.1) is 23.1 Å². The Bertz CT molecular complexity index is 1670. The van der Waals surface area contributed by atoms with Crippen LogP contribution in [0.1, 0.15) is 47.4 Å². The van der Waals surface area contributed by atoms with Crippen molar-refractivity contribution in [1.29, 1.82) is 5.26 Å². The number of amides is 1. The summed E-state index contributed by atoms with van der Waals surface area (Å²) in [6.45, 7) is 4.65. The van der Waals surface area contributed by atoms with Gasteiger partial charge < -0.3 is 25.2 Å². The molecule has 2 atom stereocenters. The zero-order chi connectivity index (χ0) is 31.6. The molecule has 3 aromatic carbocycles. The molecule has 0 aliphatic carbocycles. The van der Waals surface area contributed by atoms with Crippen LogP contribution in [0.3, 0.4) is 0 Å². The predicted molar refractivity (Wildman–Crippen MR) is 177 cm³/mol. The highest BCUT2D eigenvalue weighted by atomic mass is 35.5. The molecule has 3 N–H and O–H groups in total. The third kappa shape index (κ3) is 9.60. The maximum absolute atomic E-state index is 13.9. The van der Waals surface area contributed by atoms with E-state index in [9.17, 15) is 19.1 Å². The Morgan fingerprint density at radius 3 is 2.53 bits per heavy atom. The van der Waals surface area contributed by atoms with Crippen LogP contribution < -0.4 is 10.6 Å². The van der Waals surface area contributed by atoms with E-state index in [0.717, 1.165) is 12.1 Å². The quantitative estimate of drug-likeness (QED) is 0.161. The molecule has 0 spiro atoms. The molecule has 0 saturated carbocycles. The van der Waals surface area contributed by atoms with Crippen LogP contribution in [0.2, 0.25) is 0 Å². The van der Waals surface area contributed by atoms with Gasteiger partial charge in [-0.1, -0.05) is 38.5 Å². The molecular weight excluding hydrogens is 615 g/mol. The van der Waals surface area contributed by atoms with E-state index in [1.54, 1.807) is 65.6 Å². The fraction of sp³-hybridized carbons (Fsp3) is 0.242. The number of hydrogen-bond acceptors (Lipinski definition) is 5. The summed E-state index contributed by atoms with van der Waals surface area (Å²) >= 11 is 5.75. The van der Waals surface area contributed by atoms with Crippen molar-refractivity contribution < 1.29 is 19.1 Å². The Hall–Kier alpha value is -4.79. The first-order valence-electron chi connectivity index (χ1n) is 14.1. The van der Waals surface area contributed by atoms with Gasteiger partial charge in [-0.2, -0.15) is 5.26 Å². The topological polar surface area (TPSA) is 123 Å². The van der Waals surface area contributed by atoms with Gasteiger partial charge in [0.2, 0.25) is 5.91 Å². The van der Waals surface area contributed by atoms with Crippen molar-refractivity contribution in [2.24, 2.45) is 5.92 Å². The summed E-state index contributed by atoms with van der Waals surface area (Å²) in [6, 6.07) is 21.3. The lowest BCUT2D eigenvalue weighted by Crippen LogP contribution is -2.50. The molecule has 0 radical (unpaired) electrons. The maximum Gasteiger partial charge on any atom is 0.335 e. The summed E-state index contributed by atoms with van der Waals surface area (Å²) in [4.78, 5) is 31.1. The molecule has 1 amide bonds. The SMILES string of the molecule is CCC(C)C(CN(Cc1cccc(C(=O)O)c1)C(=S)Nc1cccc(F)c1)NC(=O)Cc1cncn1-c1ccc(C#N)cc1.Cl. The van der Waals surface area contributed by atoms with Crippen LogP contribution in [0.25, 0.3) is 5.69 Å². The standard InChI is InChI=1S/C33H33FN6O3S.ClH/c1-3-22(2)30(38-31(41)16-29-18-36-21-40(29)28-12-10-23(17-35)11-13-28)20-39(19-24-6-4-7-25(14-24)32(42)43)33(44)37-27-9-5-8-26(34)15-27;/h4-15,18,21-22,30H,3,16,19-20H2,1-2H3,(H,37,44)(H,38,41)(H,42,43);1H. The number of anilines is 1. The monoisotopic (exact) mass is 648 g/mol. The predicted octanol–water partition coefficient (Wildman–Crippen LogP) is 5.98. The number of thiocarbonyl (C=S) groups is 1. The molecule has 0 bridgehead atoms. The van der Waals surface area contributed by atoms with Crippen LogP contribution in [0.5, 0.6) is 0 Å². The molecule has 12 heteroatoms. The minimum Gasteiger partial charge on any atom is -0.478 e. The molecule has 2 unspecified atom stereocenters. The summed E-state index contributed by atoms with van der Waals surface area (Å²) in [6.07, 6.45) is 4.11. The van der Waals surface area contributed by atoms with Crippen molar-refractivity contribution in [3.63, 3.8) is 0 Å². The Kier molecular flexibility index (Phi) is 12.6. The zero-order valence-electron chi connectivity index (χ0n) is 24.8. The highest BCUT2D eigenvalue weighted by Crippen LogP contribution is 2.18. The van der Waals surface area contributed by atoms with Crippen LogP contribution in [0.15, 0.2) is 85.3 Å². The second kappa shape index (κ2) is 16.3. The number of aromatic nitrogens is 2. The number of nitrogens with zero attached hydrogens (tertiary/aromatic N) is 4. The number of carbonyl (C=O) groups excluding carboxylic acids is 1. The molecule has 0 saturated heterocycles. The molecule has 1 aromatic heterocycles.